The molecule has 0 N–H and O–H groups in total. The third-order valence-electron chi connectivity index (χ3n) is 2.86. The van der Waals surface area contributed by atoms with Gasteiger partial charge in [-0.25, -0.2) is 12.1 Å². The van der Waals surface area contributed by atoms with E-state index in [-0.39, 0.29) is 28.9 Å². The molecule has 0 aliphatic carbocycles. The van der Waals surface area contributed by atoms with Crippen LogP contribution in [0.3, 0.4) is 0 Å². The number of rotatable bonds is 3. The van der Waals surface area contributed by atoms with E-state index >= 15 is 0 Å². The first-order chi connectivity index (χ1) is 9.27. The van der Waals surface area contributed by atoms with Gasteiger partial charge in [0.1, 0.15) is 0 Å². The Bertz CT molecular complexity index is 469. The number of amides is 2. The second kappa shape index (κ2) is 8.51. The van der Waals surface area contributed by atoms with Crippen molar-refractivity contribution in [2.45, 2.75) is 19.3 Å². The van der Waals surface area contributed by atoms with Gasteiger partial charge in [-0.05, 0) is 0 Å². The Morgan fingerprint density at radius 3 is 2.10 bits per heavy atom. The summed E-state index contributed by atoms with van der Waals surface area (Å²) in [5.41, 5.74) is 1.18. The summed E-state index contributed by atoms with van der Waals surface area (Å²) in [7, 11) is 0. The van der Waals surface area contributed by atoms with E-state index in [9.17, 15) is 9.59 Å². The molecule has 0 radical (unpaired) electrons. The molecule has 4 heteroatoms. The molecule has 0 atom stereocenters. The van der Waals surface area contributed by atoms with E-state index in [1.54, 1.807) is 6.07 Å². The second-order valence-corrected chi connectivity index (χ2v) is 4.17. The summed E-state index contributed by atoms with van der Waals surface area (Å²) in [5, 5.41) is 0. The third-order valence-corrected chi connectivity index (χ3v) is 2.86. The smallest absolute Gasteiger partial charge is 0.229 e. The molecule has 2 aromatic rings. The Labute approximate surface area is 129 Å². The standard InChI is InChI=1S/C11H12NO2.C5H.Fe/c13-10-5-6-11(14)12(10)8-7-9-3-1-2-4-9;1-2-4-5-3-1;/h1-4H,5-8H2;1H;/q-1;-5;. The molecule has 0 saturated carbocycles. The SMILES string of the molecule is O=C1CCC(=O)N1CC[c-]1cccc1.[Fe].[c-]1[c-][c-][cH-][c-]1. The van der Waals surface area contributed by atoms with Gasteiger partial charge in [0, 0.05) is 36.5 Å². The predicted molar refractivity (Wildman–Crippen MR) is 69.1 cm³/mol. The van der Waals surface area contributed by atoms with Crippen LogP contribution < -0.4 is 0 Å². The van der Waals surface area contributed by atoms with Crippen LogP contribution in [0.5, 0.6) is 0 Å². The Morgan fingerprint density at radius 1 is 1.10 bits per heavy atom. The molecule has 1 aliphatic rings. The summed E-state index contributed by atoms with van der Waals surface area (Å²) >= 11 is 0. The fourth-order valence-electron chi connectivity index (χ4n) is 1.87. The first-order valence-corrected chi connectivity index (χ1v) is 6.14. The van der Waals surface area contributed by atoms with Crippen molar-refractivity contribution in [1.29, 1.82) is 0 Å². The first-order valence-electron chi connectivity index (χ1n) is 6.14. The molecule has 2 aromatic carbocycles. The monoisotopic (exact) mass is 307 g/mol. The maximum absolute atomic E-state index is 11.2. The maximum atomic E-state index is 11.2. The molecule has 1 heterocycles. The Balaban J connectivity index is 0.000000283. The zero-order valence-corrected chi connectivity index (χ0v) is 11.9. The molecule has 2 amide bonds. The number of nitrogens with zero attached hydrogens (tertiary/aromatic N) is 1. The minimum absolute atomic E-state index is 0. The fourth-order valence-corrected chi connectivity index (χ4v) is 1.87. The van der Waals surface area contributed by atoms with Crippen molar-refractivity contribution in [2.75, 3.05) is 6.54 Å². The number of imide groups is 1. The normalized spacial score (nSPS) is 13.7. The Kier molecular flexibility index (Phi) is 6.99. The minimum Gasteiger partial charge on any atom is -0.999 e. The van der Waals surface area contributed by atoms with E-state index in [0.717, 1.165) is 6.42 Å². The van der Waals surface area contributed by atoms with Crippen LogP contribution in [0.15, 0.2) is 30.3 Å². The van der Waals surface area contributed by atoms with Crippen LogP contribution in [0.4, 0.5) is 0 Å². The van der Waals surface area contributed by atoms with Gasteiger partial charge in [0.15, 0.2) is 0 Å². The van der Waals surface area contributed by atoms with E-state index in [1.807, 2.05) is 24.3 Å². The fraction of sp³-hybridized carbons (Fsp3) is 0.250. The molecule has 1 saturated heterocycles. The molecule has 0 aromatic heterocycles. The van der Waals surface area contributed by atoms with Crippen molar-refractivity contribution in [3.05, 3.63) is 60.2 Å². The van der Waals surface area contributed by atoms with Gasteiger partial charge in [0.2, 0.25) is 11.8 Å². The van der Waals surface area contributed by atoms with E-state index in [1.165, 1.54) is 10.5 Å². The van der Waals surface area contributed by atoms with Crippen LogP contribution >= 0.6 is 0 Å². The average Bonchev–Trinajstić information content (AvgIpc) is 3.13. The maximum Gasteiger partial charge on any atom is 0.229 e. The number of hydrogen-bond acceptors (Lipinski definition) is 2. The van der Waals surface area contributed by atoms with Crippen molar-refractivity contribution in [1.82, 2.24) is 4.90 Å². The summed E-state index contributed by atoms with van der Waals surface area (Å²) in [6.45, 7) is 0.529. The summed E-state index contributed by atoms with van der Waals surface area (Å²) in [5.74, 6) is -0.0527. The van der Waals surface area contributed by atoms with E-state index in [2.05, 4.69) is 24.3 Å². The summed E-state index contributed by atoms with van der Waals surface area (Å²) in [6.07, 6.45) is 1.55. The number of carbonyl (C=O) groups excluding carboxylic acids is 2. The van der Waals surface area contributed by atoms with Gasteiger partial charge in [-0.15, -0.1) is 0 Å². The minimum atomic E-state index is -0.0263. The number of hydrogen-bond donors (Lipinski definition) is 0. The number of likely N-dealkylation sites (tertiary alicyclic amines) is 1. The molecule has 3 nitrogen and oxygen atoms in total. The van der Waals surface area contributed by atoms with Gasteiger partial charge in [0.25, 0.3) is 0 Å². The van der Waals surface area contributed by atoms with E-state index in [4.69, 9.17) is 0 Å². The largest absolute Gasteiger partial charge is 0.999 e. The second-order valence-electron chi connectivity index (χ2n) is 4.17. The first kappa shape index (κ1) is 16.4. The van der Waals surface area contributed by atoms with Crippen LogP contribution in [-0.4, -0.2) is 23.3 Å². The van der Waals surface area contributed by atoms with Crippen molar-refractivity contribution in [2.24, 2.45) is 0 Å². The molecule has 1 fully saturated rings. The van der Waals surface area contributed by atoms with Crippen LogP contribution in [0.25, 0.3) is 0 Å². The average molecular weight is 307 g/mol. The van der Waals surface area contributed by atoms with Crippen molar-refractivity contribution in [3.63, 3.8) is 0 Å². The Morgan fingerprint density at radius 2 is 1.65 bits per heavy atom. The molecule has 1 aliphatic heterocycles. The van der Waals surface area contributed by atoms with Gasteiger partial charge in [0.05, 0.1) is 0 Å². The van der Waals surface area contributed by atoms with Gasteiger partial charge >= 0.3 is 0 Å². The molecule has 3 rings (SSSR count). The van der Waals surface area contributed by atoms with Crippen LogP contribution in [0.2, 0.25) is 0 Å². The predicted octanol–water partition coefficient (Wildman–Crippen LogP) is 1.70. The molecular weight excluding hydrogens is 294 g/mol. The van der Waals surface area contributed by atoms with Crippen molar-refractivity contribution >= 4 is 11.8 Å². The van der Waals surface area contributed by atoms with Crippen LogP contribution in [0.1, 0.15) is 18.4 Å². The van der Waals surface area contributed by atoms with E-state index in [0.29, 0.717) is 19.4 Å². The number of carbonyl (C=O) groups is 2. The summed E-state index contributed by atoms with van der Waals surface area (Å²) < 4.78 is 0. The van der Waals surface area contributed by atoms with Gasteiger partial charge in [-0.1, -0.05) is 6.42 Å². The molecular formula is C16H13FeNO2-6. The van der Waals surface area contributed by atoms with Crippen LogP contribution in [0, 0.1) is 24.3 Å². The van der Waals surface area contributed by atoms with Crippen molar-refractivity contribution in [3.8, 4) is 0 Å². The van der Waals surface area contributed by atoms with Crippen LogP contribution in [-0.2, 0) is 33.1 Å². The van der Waals surface area contributed by atoms with Crippen molar-refractivity contribution < 1.29 is 26.7 Å². The summed E-state index contributed by atoms with van der Waals surface area (Å²) in [6, 6.07) is 19.9. The van der Waals surface area contributed by atoms with Gasteiger partial charge in [-0.2, -0.15) is 17.7 Å². The molecule has 0 bridgehead atoms. The zero-order chi connectivity index (χ0) is 13.5. The quantitative estimate of drug-likeness (QED) is 0.492. The molecule has 108 valence electrons. The van der Waals surface area contributed by atoms with Gasteiger partial charge in [-0.3, -0.25) is 14.5 Å². The third kappa shape index (κ3) is 4.80. The molecule has 0 unspecified atom stereocenters. The zero-order valence-electron chi connectivity index (χ0n) is 10.8. The van der Waals surface area contributed by atoms with Gasteiger partial charge < -0.3 is 30.3 Å². The summed E-state index contributed by atoms with van der Waals surface area (Å²) in [4.78, 5) is 23.9. The topological polar surface area (TPSA) is 37.4 Å². The molecule has 0 spiro atoms. The molecule has 20 heavy (non-hydrogen) atoms. The Hall–Kier alpha value is -1.64. The van der Waals surface area contributed by atoms with E-state index < -0.39 is 0 Å².